The lowest BCUT2D eigenvalue weighted by Crippen LogP contribution is -2.31. The number of nitrogens with zero attached hydrogens (tertiary/aromatic N) is 2. The van der Waals surface area contributed by atoms with Crippen LogP contribution in [0.5, 0.6) is 0 Å². The highest BCUT2D eigenvalue weighted by Crippen LogP contribution is 2.27. The van der Waals surface area contributed by atoms with Crippen molar-refractivity contribution < 1.29 is 9.72 Å². The second kappa shape index (κ2) is 4.73. The molecule has 2 rings (SSSR count). The van der Waals surface area contributed by atoms with Gasteiger partial charge in [-0.1, -0.05) is 24.6 Å². The number of hydrogen-bond acceptors (Lipinski definition) is 4. The number of carbonyl (C=O) groups is 1. The molecule has 1 amide bonds. The van der Waals surface area contributed by atoms with Crippen molar-refractivity contribution in [1.82, 2.24) is 5.43 Å². The Hall–Kier alpha value is -1.95. The fraction of sp³-hybridized carbons (Fsp3) is 0.273. The van der Waals surface area contributed by atoms with Gasteiger partial charge in [0.05, 0.1) is 10.6 Å². The molecular weight excluding hydrogens is 258 g/mol. The van der Waals surface area contributed by atoms with E-state index in [0.29, 0.717) is 17.7 Å². The Bertz CT molecular complexity index is 556. The molecule has 0 radical (unpaired) electrons. The number of hydrazone groups is 1. The Kier molecular flexibility index (Phi) is 3.29. The van der Waals surface area contributed by atoms with E-state index in [-0.39, 0.29) is 22.5 Å². The number of hydrogen-bond donors (Lipinski definition) is 1. The van der Waals surface area contributed by atoms with Crippen LogP contribution in [0.1, 0.15) is 18.9 Å². The third kappa shape index (κ3) is 2.33. The highest BCUT2D eigenvalue weighted by Gasteiger charge is 2.23. The number of nitrogens with one attached hydrogen (secondary N) is 1. The SMILES string of the molecule is C[C@H]1CC(=O)NN=C1c1ccc(Cl)c([N+](=O)[O-])c1. The molecule has 0 spiro atoms. The van der Waals surface area contributed by atoms with Crippen molar-refractivity contribution in [2.24, 2.45) is 11.0 Å². The normalized spacial score (nSPS) is 19.1. The Balaban J connectivity index is 2.43. The van der Waals surface area contributed by atoms with E-state index in [2.05, 4.69) is 10.5 Å². The molecule has 1 N–H and O–H groups in total. The first-order valence-electron chi connectivity index (χ1n) is 5.29. The lowest BCUT2D eigenvalue weighted by Gasteiger charge is -2.18. The molecule has 1 aliphatic rings. The Morgan fingerprint density at radius 1 is 1.56 bits per heavy atom. The summed E-state index contributed by atoms with van der Waals surface area (Å²) in [6, 6.07) is 4.48. The van der Waals surface area contributed by atoms with Crippen LogP contribution >= 0.6 is 11.6 Å². The van der Waals surface area contributed by atoms with E-state index in [1.54, 1.807) is 6.07 Å². The van der Waals surface area contributed by atoms with Crippen LogP contribution in [0.25, 0.3) is 0 Å². The molecule has 0 unspecified atom stereocenters. The van der Waals surface area contributed by atoms with Crippen molar-refractivity contribution in [2.75, 3.05) is 0 Å². The Morgan fingerprint density at radius 2 is 2.28 bits per heavy atom. The topological polar surface area (TPSA) is 84.6 Å². The molecule has 18 heavy (non-hydrogen) atoms. The zero-order valence-corrected chi connectivity index (χ0v) is 10.3. The average Bonchev–Trinajstić information content (AvgIpc) is 2.30. The molecule has 6 nitrogen and oxygen atoms in total. The fourth-order valence-corrected chi connectivity index (χ4v) is 2.00. The van der Waals surface area contributed by atoms with Crippen LogP contribution in [0.2, 0.25) is 5.02 Å². The molecule has 0 fully saturated rings. The molecule has 1 atom stereocenters. The number of benzene rings is 1. The van der Waals surface area contributed by atoms with E-state index in [4.69, 9.17) is 11.6 Å². The molecule has 0 bridgehead atoms. The summed E-state index contributed by atoms with van der Waals surface area (Å²) in [6.45, 7) is 1.85. The largest absolute Gasteiger partial charge is 0.288 e. The first-order chi connectivity index (χ1) is 8.49. The standard InChI is InChI=1S/C11H10ClN3O3/c1-6-4-10(16)13-14-11(6)7-2-3-8(12)9(5-7)15(17)18/h2-3,5-6H,4H2,1H3,(H,13,16)/t6-/m0/s1. The molecule has 1 aromatic rings. The van der Waals surface area contributed by atoms with Crippen molar-refractivity contribution in [3.8, 4) is 0 Å². The molecule has 0 saturated heterocycles. The van der Waals surface area contributed by atoms with Crippen molar-refractivity contribution in [2.45, 2.75) is 13.3 Å². The summed E-state index contributed by atoms with van der Waals surface area (Å²) in [7, 11) is 0. The summed E-state index contributed by atoms with van der Waals surface area (Å²) in [4.78, 5) is 21.4. The third-order valence-electron chi connectivity index (χ3n) is 2.70. The number of amides is 1. The van der Waals surface area contributed by atoms with Gasteiger partial charge in [-0.3, -0.25) is 14.9 Å². The van der Waals surface area contributed by atoms with Crippen LogP contribution < -0.4 is 5.43 Å². The molecule has 0 saturated carbocycles. The van der Waals surface area contributed by atoms with E-state index in [1.807, 2.05) is 6.92 Å². The highest BCUT2D eigenvalue weighted by atomic mass is 35.5. The van der Waals surface area contributed by atoms with Gasteiger partial charge in [0.1, 0.15) is 5.02 Å². The van der Waals surface area contributed by atoms with Gasteiger partial charge >= 0.3 is 0 Å². The zero-order valence-electron chi connectivity index (χ0n) is 9.51. The van der Waals surface area contributed by atoms with E-state index >= 15 is 0 Å². The number of rotatable bonds is 2. The Labute approximate surface area is 108 Å². The summed E-state index contributed by atoms with van der Waals surface area (Å²) in [5.74, 6) is -0.241. The second-order valence-corrected chi connectivity index (χ2v) is 4.47. The molecule has 0 aliphatic carbocycles. The molecule has 1 aliphatic heterocycles. The van der Waals surface area contributed by atoms with E-state index in [0.717, 1.165) is 0 Å². The molecule has 0 aromatic heterocycles. The predicted octanol–water partition coefficient (Wildman–Crippen LogP) is 2.11. The van der Waals surface area contributed by atoms with Gasteiger partial charge in [0, 0.05) is 24.0 Å². The maximum Gasteiger partial charge on any atom is 0.288 e. The molecule has 1 aromatic carbocycles. The van der Waals surface area contributed by atoms with Crippen molar-refractivity contribution >= 4 is 28.9 Å². The van der Waals surface area contributed by atoms with Crippen LogP contribution in [0.4, 0.5) is 5.69 Å². The third-order valence-corrected chi connectivity index (χ3v) is 3.02. The predicted molar refractivity (Wildman–Crippen MR) is 66.6 cm³/mol. The maximum absolute atomic E-state index is 11.1. The lowest BCUT2D eigenvalue weighted by molar-refractivity contribution is -0.384. The van der Waals surface area contributed by atoms with Gasteiger partial charge in [-0.15, -0.1) is 0 Å². The summed E-state index contributed by atoms with van der Waals surface area (Å²) in [6.07, 6.45) is 0.315. The number of nitro groups is 1. The zero-order chi connectivity index (χ0) is 13.3. The quantitative estimate of drug-likeness (QED) is 0.658. The monoisotopic (exact) mass is 267 g/mol. The summed E-state index contributed by atoms with van der Waals surface area (Å²) in [5, 5.41) is 14.8. The molecule has 94 valence electrons. The lowest BCUT2D eigenvalue weighted by atomic mass is 9.94. The smallest absolute Gasteiger partial charge is 0.273 e. The van der Waals surface area contributed by atoms with Crippen LogP contribution in [0, 0.1) is 16.0 Å². The molecule has 1 heterocycles. The van der Waals surface area contributed by atoms with E-state index < -0.39 is 4.92 Å². The summed E-state index contributed by atoms with van der Waals surface area (Å²) >= 11 is 5.74. The maximum atomic E-state index is 11.1. The molecular formula is C11H10ClN3O3. The van der Waals surface area contributed by atoms with Crippen molar-refractivity contribution in [1.29, 1.82) is 0 Å². The van der Waals surface area contributed by atoms with Crippen LogP contribution in [0.15, 0.2) is 23.3 Å². The van der Waals surface area contributed by atoms with Crippen molar-refractivity contribution in [3.05, 3.63) is 38.9 Å². The van der Waals surface area contributed by atoms with Crippen LogP contribution in [-0.4, -0.2) is 16.5 Å². The van der Waals surface area contributed by atoms with E-state index in [9.17, 15) is 14.9 Å². The average molecular weight is 268 g/mol. The Morgan fingerprint density at radius 3 is 2.89 bits per heavy atom. The number of halogens is 1. The van der Waals surface area contributed by atoms with Gasteiger partial charge in [0.25, 0.3) is 5.69 Å². The minimum atomic E-state index is -0.543. The summed E-state index contributed by atoms with van der Waals surface area (Å²) in [5.41, 5.74) is 3.42. The highest BCUT2D eigenvalue weighted by molar-refractivity contribution is 6.32. The van der Waals surface area contributed by atoms with Gasteiger partial charge in [-0.05, 0) is 6.07 Å². The van der Waals surface area contributed by atoms with Gasteiger partial charge in [0.15, 0.2) is 0 Å². The van der Waals surface area contributed by atoms with Crippen molar-refractivity contribution in [3.63, 3.8) is 0 Å². The van der Waals surface area contributed by atoms with Crippen LogP contribution in [0.3, 0.4) is 0 Å². The van der Waals surface area contributed by atoms with Crippen LogP contribution in [-0.2, 0) is 4.79 Å². The minimum absolute atomic E-state index is 0.0804. The fourth-order valence-electron chi connectivity index (χ4n) is 1.81. The van der Waals surface area contributed by atoms with Gasteiger partial charge < -0.3 is 0 Å². The van der Waals surface area contributed by atoms with E-state index in [1.165, 1.54) is 12.1 Å². The van der Waals surface area contributed by atoms with Gasteiger partial charge in [0.2, 0.25) is 5.91 Å². The van der Waals surface area contributed by atoms with Gasteiger partial charge in [-0.2, -0.15) is 5.10 Å². The number of nitro benzene ring substituents is 1. The molecule has 7 heteroatoms. The first kappa shape index (κ1) is 12.5. The minimum Gasteiger partial charge on any atom is -0.273 e. The number of carbonyl (C=O) groups excluding carboxylic acids is 1. The second-order valence-electron chi connectivity index (χ2n) is 4.06. The summed E-state index contributed by atoms with van der Waals surface area (Å²) < 4.78 is 0. The first-order valence-corrected chi connectivity index (χ1v) is 5.67. The van der Waals surface area contributed by atoms with Gasteiger partial charge in [-0.25, -0.2) is 5.43 Å².